The summed E-state index contributed by atoms with van der Waals surface area (Å²) in [6.45, 7) is 12.3. The van der Waals surface area contributed by atoms with Gasteiger partial charge in [0.2, 0.25) is 0 Å². The zero-order valence-electron chi connectivity index (χ0n) is 13.6. The van der Waals surface area contributed by atoms with Crippen LogP contribution < -0.4 is 0 Å². The van der Waals surface area contributed by atoms with Crippen LogP contribution in [0.15, 0.2) is 24.3 Å². The summed E-state index contributed by atoms with van der Waals surface area (Å²) in [6, 6.07) is 0. The largest absolute Gasteiger partial charge is 0.369 e. The first-order chi connectivity index (χ1) is 9.93. The quantitative estimate of drug-likeness (QED) is 0.531. The zero-order chi connectivity index (χ0) is 15.5. The van der Waals surface area contributed by atoms with Crippen molar-refractivity contribution >= 4 is 0 Å². The van der Waals surface area contributed by atoms with Gasteiger partial charge in [-0.05, 0) is 47.0 Å². The van der Waals surface area contributed by atoms with E-state index in [4.69, 9.17) is 18.9 Å². The Labute approximate surface area is 128 Å². The molecule has 2 fully saturated rings. The average Bonchev–Trinajstić information content (AvgIpc) is 2.83. The number of hydrogen-bond donors (Lipinski definition) is 0. The molecule has 2 rings (SSSR count). The van der Waals surface area contributed by atoms with E-state index >= 15 is 0 Å². The summed E-state index contributed by atoms with van der Waals surface area (Å²) >= 11 is 0. The van der Waals surface area contributed by atoms with E-state index in [1.54, 1.807) is 0 Å². The first-order valence-electron chi connectivity index (χ1n) is 7.80. The lowest BCUT2D eigenvalue weighted by atomic mass is 10.0. The second-order valence-electron chi connectivity index (χ2n) is 6.44. The molecule has 0 bridgehead atoms. The fourth-order valence-corrected chi connectivity index (χ4v) is 2.77. The summed E-state index contributed by atoms with van der Waals surface area (Å²) in [4.78, 5) is 0. The maximum absolute atomic E-state index is 6.03. The van der Waals surface area contributed by atoms with Crippen molar-refractivity contribution in [1.82, 2.24) is 0 Å². The second kappa shape index (κ2) is 7.05. The van der Waals surface area contributed by atoms with Gasteiger partial charge in [0.15, 0.2) is 12.1 Å². The maximum atomic E-state index is 6.03. The lowest BCUT2D eigenvalue weighted by Gasteiger charge is -2.25. The van der Waals surface area contributed by atoms with Crippen molar-refractivity contribution in [2.75, 3.05) is 6.61 Å². The minimum absolute atomic E-state index is 0.0293. The highest BCUT2D eigenvalue weighted by molar-refractivity contribution is 4.97. The van der Waals surface area contributed by atoms with Gasteiger partial charge >= 0.3 is 0 Å². The van der Waals surface area contributed by atoms with E-state index in [-0.39, 0.29) is 24.6 Å². The molecule has 2 saturated heterocycles. The molecule has 2 aliphatic rings. The molecular formula is C17H28O4. The molecule has 0 N–H and O–H groups in total. The van der Waals surface area contributed by atoms with Crippen molar-refractivity contribution in [3.05, 3.63) is 24.3 Å². The summed E-state index contributed by atoms with van der Waals surface area (Å²) < 4.78 is 23.8. The van der Waals surface area contributed by atoms with Gasteiger partial charge in [-0.1, -0.05) is 17.7 Å². The standard InChI is InChI=1S/C17H28O4/c1-6-7-8-9-13-14(18-11-10-12(2)3)15-16(19-13)21-17(4,5)20-15/h6,10,13-16H,1,7-9,11H2,2-5H3/t13-,14+,15-,16-/m1/s1. The fraction of sp³-hybridized carbons (Fsp3) is 0.765. The Bertz CT molecular complexity index is 384. The minimum Gasteiger partial charge on any atom is -0.369 e. The highest BCUT2D eigenvalue weighted by atomic mass is 16.8. The lowest BCUT2D eigenvalue weighted by Crippen LogP contribution is -2.37. The van der Waals surface area contributed by atoms with Gasteiger partial charge < -0.3 is 18.9 Å². The molecule has 4 atom stereocenters. The first-order valence-corrected chi connectivity index (χ1v) is 7.80. The Hall–Kier alpha value is -0.680. The molecule has 0 saturated carbocycles. The normalized spacial score (nSPS) is 33.7. The van der Waals surface area contributed by atoms with Gasteiger partial charge in [0.25, 0.3) is 0 Å². The number of ether oxygens (including phenoxy) is 4. The van der Waals surface area contributed by atoms with Gasteiger partial charge in [-0.15, -0.1) is 6.58 Å². The number of fused-ring (bicyclic) bond motifs is 1. The van der Waals surface area contributed by atoms with Crippen molar-refractivity contribution in [3.63, 3.8) is 0 Å². The Kier molecular flexibility index (Phi) is 5.60. The van der Waals surface area contributed by atoms with Crippen LogP contribution in [0.1, 0.15) is 47.0 Å². The summed E-state index contributed by atoms with van der Waals surface area (Å²) in [5.41, 5.74) is 1.25. The predicted molar refractivity (Wildman–Crippen MR) is 81.9 cm³/mol. The molecule has 0 aliphatic carbocycles. The first kappa shape index (κ1) is 16.7. The molecule has 0 spiro atoms. The van der Waals surface area contributed by atoms with Gasteiger partial charge in [0.05, 0.1) is 12.7 Å². The summed E-state index contributed by atoms with van der Waals surface area (Å²) in [5, 5.41) is 0. The molecule has 0 aromatic rings. The van der Waals surface area contributed by atoms with Gasteiger partial charge in [0.1, 0.15) is 12.2 Å². The van der Waals surface area contributed by atoms with Gasteiger partial charge in [-0.2, -0.15) is 0 Å². The number of allylic oxidation sites excluding steroid dienone is 2. The second-order valence-corrected chi connectivity index (χ2v) is 6.44. The van der Waals surface area contributed by atoms with Crippen LogP contribution in [0.5, 0.6) is 0 Å². The van der Waals surface area contributed by atoms with Gasteiger partial charge in [-0.25, -0.2) is 0 Å². The molecule has 21 heavy (non-hydrogen) atoms. The van der Waals surface area contributed by atoms with E-state index in [1.165, 1.54) is 5.57 Å². The van der Waals surface area contributed by atoms with Gasteiger partial charge in [0, 0.05) is 0 Å². The number of unbranched alkanes of at least 4 members (excludes halogenated alkanes) is 1. The van der Waals surface area contributed by atoms with Crippen LogP contribution in [0.2, 0.25) is 0 Å². The van der Waals surface area contributed by atoms with E-state index in [0.717, 1.165) is 19.3 Å². The third-order valence-corrected chi connectivity index (χ3v) is 3.76. The van der Waals surface area contributed by atoms with Crippen LogP contribution in [0.25, 0.3) is 0 Å². The predicted octanol–water partition coefficient (Wildman–Crippen LogP) is 3.57. The topological polar surface area (TPSA) is 36.9 Å². The fourth-order valence-electron chi connectivity index (χ4n) is 2.77. The van der Waals surface area contributed by atoms with Crippen LogP contribution in [0, 0.1) is 0 Å². The molecule has 0 unspecified atom stereocenters. The van der Waals surface area contributed by atoms with Crippen LogP contribution in [-0.2, 0) is 18.9 Å². The summed E-state index contributed by atoms with van der Waals surface area (Å²) in [5.74, 6) is -0.598. The molecule has 0 amide bonds. The molecule has 2 aliphatic heterocycles. The minimum atomic E-state index is -0.598. The SMILES string of the molecule is C=CCCC[C@H]1O[C@@H]2OC(C)(C)O[C@@H]2[C@H]1OCC=C(C)C. The highest BCUT2D eigenvalue weighted by Gasteiger charge is 2.54. The van der Waals surface area contributed by atoms with Crippen molar-refractivity contribution in [2.24, 2.45) is 0 Å². The van der Waals surface area contributed by atoms with Crippen molar-refractivity contribution < 1.29 is 18.9 Å². The van der Waals surface area contributed by atoms with Crippen molar-refractivity contribution in [3.8, 4) is 0 Å². The van der Waals surface area contributed by atoms with Crippen LogP contribution in [-0.4, -0.2) is 37.0 Å². The zero-order valence-corrected chi connectivity index (χ0v) is 13.6. The average molecular weight is 296 g/mol. The van der Waals surface area contributed by atoms with E-state index in [2.05, 4.69) is 26.5 Å². The van der Waals surface area contributed by atoms with Gasteiger partial charge in [-0.3, -0.25) is 0 Å². The Morgan fingerprint density at radius 2 is 2.05 bits per heavy atom. The van der Waals surface area contributed by atoms with E-state index < -0.39 is 5.79 Å². The van der Waals surface area contributed by atoms with Crippen LogP contribution in [0.3, 0.4) is 0 Å². The summed E-state index contributed by atoms with van der Waals surface area (Å²) in [6.07, 6.45) is 6.48. The van der Waals surface area contributed by atoms with Crippen molar-refractivity contribution in [2.45, 2.75) is 77.3 Å². The monoisotopic (exact) mass is 296 g/mol. The molecule has 2 heterocycles. The van der Waals surface area contributed by atoms with E-state index in [9.17, 15) is 0 Å². The summed E-state index contributed by atoms with van der Waals surface area (Å²) in [7, 11) is 0. The van der Waals surface area contributed by atoms with E-state index in [0.29, 0.717) is 6.61 Å². The Morgan fingerprint density at radius 1 is 1.29 bits per heavy atom. The third kappa shape index (κ3) is 4.39. The maximum Gasteiger partial charge on any atom is 0.190 e. The molecule has 0 aromatic carbocycles. The molecule has 4 heteroatoms. The van der Waals surface area contributed by atoms with E-state index in [1.807, 2.05) is 19.9 Å². The number of rotatable bonds is 7. The molecule has 4 nitrogen and oxygen atoms in total. The third-order valence-electron chi connectivity index (χ3n) is 3.76. The van der Waals surface area contributed by atoms with Crippen LogP contribution in [0.4, 0.5) is 0 Å². The number of hydrogen-bond acceptors (Lipinski definition) is 4. The lowest BCUT2D eigenvalue weighted by molar-refractivity contribution is -0.218. The van der Waals surface area contributed by atoms with Crippen molar-refractivity contribution in [1.29, 1.82) is 0 Å². The molecule has 0 aromatic heterocycles. The molecule has 120 valence electrons. The Balaban J connectivity index is 1.97. The molecular weight excluding hydrogens is 268 g/mol. The van der Waals surface area contributed by atoms with Crippen LogP contribution >= 0.6 is 0 Å². The molecule has 0 radical (unpaired) electrons. The smallest absolute Gasteiger partial charge is 0.190 e. The Morgan fingerprint density at radius 3 is 2.71 bits per heavy atom. The highest BCUT2D eigenvalue weighted by Crippen LogP contribution is 2.40.